The first-order chi connectivity index (χ1) is 16.5. The molecule has 0 saturated carbocycles. The summed E-state index contributed by atoms with van der Waals surface area (Å²) in [4.78, 5) is 4.43. The summed E-state index contributed by atoms with van der Waals surface area (Å²) < 4.78 is 22.3. The van der Waals surface area contributed by atoms with Gasteiger partial charge in [0.05, 0.1) is 13.2 Å². The van der Waals surface area contributed by atoms with Crippen molar-refractivity contribution >= 4 is 5.65 Å². The molecule has 0 atom stereocenters. The van der Waals surface area contributed by atoms with Crippen LogP contribution in [0, 0.1) is 5.82 Å². The van der Waals surface area contributed by atoms with Crippen LogP contribution in [-0.2, 0) is 6.42 Å². The lowest BCUT2D eigenvalue weighted by Gasteiger charge is -2.17. The van der Waals surface area contributed by atoms with Gasteiger partial charge in [-0.3, -0.25) is 0 Å². The Morgan fingerprint density at radius 3 is 2.82 bits per heavy atom. The molecule has 1 aromatic carbocycles. The van der Waals surface area contributed by atoms with Gasteiger partial charge in [-0.15, -0.1) is 0 Å². The zero-order valence-electron chi connectivity index (χ0n) is 20.3. The summed E-state index contributed by atoms with van der Waals surface area (Å²) in [5, 5.41) is 13.1. The van der Waals surface area contributed by atoms with Crippen molar-refractivity contribution in [3.63, 3.8) is 0 Å². The Morgan fingerprint density at radius 2 is 2.12 bits per heavy atom. The second kappa shape index (κ2) is 12.3. The number of fused-ring (bicyclic) bond motifs is 1. The number of nitrogens with two attached hydrogens (primary N) is 1. The minimum Gasteiger partial charge on any atom is -0.492 e. The van der Waals surface area contributed by atoms with E-state index in [4.69, 9.17) is 10.5 Å². The van der Waals surface area contributed by atoms with Crippen LogP contribution >= 0.6 is 0 Å². The van der Waals surface area contributed by atoms with E-state index in [0.717, 1.165) is 58.6 Å². The van der Waals surface area contributed by atoms with E-state index in [1.54, 1.807) is 6.07 Å². The third-order valence-electron chi connectivity index (χ3n) is 5.91. The molecule has 7 heteroatoms. The molecule has 6 nitrogen and oxygen atoms in total. The molecule has 3 rings (SSSR count). The van der Waals surface area contributed by atoms with Crippen molar-refractivity contribution in [2.24, 2.45) is 5.73 Å². The van der Waals surface area contributed by atoms with Gasteiger partial charge in [-0.05, 0) is 55.3 Å². The number of rotatable bonds is 12. The zero-order chi connectivity index (χ0) is 24.5. The normalized spacial score (nSPS) is 12.7. The first-order valence-corrected chi connectivity index (χ1v) is 11.8. The second-order valence-corrected chi connectivity index (χ2v) is 8.20. The van der Waals surface area contributed by atoms with Gasteiger partial charge in [-0.2, -0.15) is 0 Å². The van der Waals surface area contributed by atoms with E-state index < -0.39 is 0 Å². The summed E-state index contributed by atoms with van der Waals surface area (Å²) in [5.41, 5.74) is 12.2. The summed E-state index contributed by atoms with van der Waals surface area (Å²) in [6, 6.07) is 8.49. The maximum Gasteiger partial charge on any atom is 0.136 e. The molecule has 0 radical (unpaired) electrons. The maximum atomic E-state index is 14.2. The molecule has 2 heterocycles. The van der Waals surface area contributed by atoms with Crippen molar-refractivity contribution in [1.82, 2.24) is 14.7 Å². The molecule has 0 fully saturated rings. The Kier molecular flexibility index (Phi) is 9.24. The second-order valence-electron chi connectivity index (χ2n) is 8.20. The topological polar surface area (TPSA) is 84.8 Å². The number of unbranched alkanes of at least 4 members (excludes halogenated alkanes) is 1. The van der Waals surface area contributed by atoms with Crippen LogP contribution in [0.5, 0.6) is 5.75 Å². The number of aliphatic hydroxyl groups is 1. The summed E-state index contributed by atoms with van der Waals surface area (Å²) in [6.45, 7) is 4.94. The van der Waals surface area contributed by atoms with Crippen molar-refractivity contribution in [2.75, 3.05) is 26.8 Å². The number of hydrogen-bond donors (Lipinski definition) is 3. The highest BCUT2D eigenvalue weighted by atomic mass is 19.1. The van der Waals surface area contributed by atoms with Gasteiger partial charge in [0, 0.05) is 60.9 Å². The number of imidazole rings is 1. The first-order valence-electron chi connectivity index (χ1n) is 11.8. The lowest BCUT2D eigenvalue weighted by Crippen LogP contribution is -2.12. The molecule has 0 saturated heterocycles. The van der Waals surface area contributed by atoms with E-state index in [-0.39, 0.29) is 12.4 Å². The molecular weight excluding hydrogens is 431 g/mol. The molecule has 0 aliphatic carbocycles. The first kappa shape index (κ1) is 25.5. The zero-order valence-corrected chi connectivity index (χ0v) is 20.3. The fraction of sp³-hybridized carbons (Fsp3) is 0.370. The summed E-state index contributed by atoms with van der Waals surface area (Å²) in [6.07, 6.45) is 9.10. The number of nitrogens with zero attached hydrogens (tertiary/aromatic N) is 2. The average molecular weight is 467 g/mol. The molecule has 34 heavy (non-hydrogen) atoms. The fourth-order valence-corrected chi connectivity index (χ4v) is 3.98. The van der Waals surface area contributed by atoms with E-state index in [9.17, 15) is 9.50 Å². The Hall–Kier alpha value is -3.16. The van der Waals surface area contributed by atoms with Crippen LogP contribution in [0.15, 0.2) is 65.6 Å². The van der Waals surface area contributed by atoms with Gasteiger partial charge in [0.2, 0.25) is 0 Å². The number of aromatic nitrogens is 2. The van der Waals surface area contributed by atoms with Crippen molar-refractivity contribution in [3.8, 4) is 16.9 Å². The van der Waals surface area contributed by atoms with Gasteiger partial charge >= 0.3 is 0 Å². The Bertz CT molecular complexity index is 1170. The van der Waals surface area contributed by atoms with E-state index in [2.05, 4.69) is 23.3 Å². The number of halogens is 1. The number of hydrogen-bond acceptors (Lipinski definition) is 5. The van der Waals surface area contributed by atoms with E-state index in [0.29, 0.717) is 25.3 Å². The quantitative estimate of drug-likeness (QED) is 0.339. The van der Waals surface area contributed by atoms with Gasteiger partial charge in [0.15, 0.2) is 0 Å². The van der Waals surface area contributed by atoms with Crippen molar-refractivity contribution in [1.29, 1.82) is 0 Å². The summed E-state index contributed by atoms with van der Waals surface area (Å²) >= 11 is 0. The Labute approximate surface area is 201 Å². The minimum absolute atomic E-state index is 0.0321. The predicted octanol–water partition coefficient (Wildman–Crippen LogP) is 4.62. The third-order valence-corrected chi connectivity index (χ3v) is 5.91. The molecule has 0 aliphatic heterocycles. The van der Waals surface area contributed by atoms with Crippen LogP contribution in [-0.4, -0.2) is 41.3 Å². The van der Waals surface area contributed by atoms with Crippen LogP contribution in [0.3, 0.4) is 0 Å². The Morgan fingerprint density at radius 1 is 1.29 bits per heavy atom. The number of allylic oxidation sites excluding steroid dienone is 2. The van der Waals surface area contributed by atoms with Crippen LogP contribution in [0.2, 0.25) is 0 Å². The molecule has 4 N–H and O–H groups in total. The largest absolute Gasteiger partial charge is 0.492 e. The molecular formula is C27H35FN4O2. The molecule has 0 bridgehead atoms. The minimum atomic E-state index is -0.354. The molecule has 0 amide bonds. The van der Waals surface area contributed by atoms with Crippen LogP contribution in [0.25, 0.3) is 16.8 Å². The number of nitrogens with one attached hydrogen (secondary N) is 1. The van der Waals surface area contributed by atoms with Gasteiger partial charge < -0.3 is 25.3 Å². The molecule has 0 spiro atoms. The maximum absolute atomic E-state index is 14.2. The fourth-order valence-electron chi connectivity index (χ4n) is 3.98. The van der Waals surface area contributed by atoms with Crippen LogP contribution in [0.1, 0.15) is 38.8 Å². The van der Waals surface area contributed by atoms with Crippen molar-refractivity contribution in [3.05, 3.63) is 77.2 Å². The molecule has 0 aliphatic rings. The summed E-state index contributed by atoms with van der Waals surface area (Å²) in [7, 11) is 1.86. The van der Waals surface area contributed by atoms with E-state index in [1.807, 2.05) is 42.9 Å². The number of benzene rings is 1. The van der Waals surface area contributed by atoms with Crippen LogP contribution in [0.4, 0.5) is 4.39 Å². The van der Waals surface area contributed by atoms with E-state index in [1.165, 1.54) is 12.1 Å². The third kappa shape index (κ3) is 6.04. The average Bonchev–Trinajstić information content (AvgIpc) is 3.25. The smallest absolute Gasteiger partial charge is 0.136 e. The number of ether oxygens (including phenoxy) is 1. The van der Waals surface area contributed by atoms with Crippen LogP contribution < -0.4 is 15.8 Å². The van der Waals surface area contributed by atoms with Gasteiger partial charge in [-0.25, -0.2) is 9.37 Å². The highest BCUT2D eigenvalue weighted by Crippen LogP contribution is 2.32. The van der Waals surface area contributed by atoms with Crippen molar-refractivity contribution in [2.45, 2.75) is 39.5 Å². The Balaban J connectivity index is 1.87. The molecule has 2 aromatic heterocycles. The monoisotopic (exact) mass is 466 g/mol. The number of pyridine rings is 1. The highest BCUT2D eigenvalue weighted by molar-refractivity contribution is 5.71. The molecule has 0 unspecified atom stereocenters. The lowest BCUT2D eigenvalue weighted by molar-refractivity contribution is 0.313. The van der Waals surface area contributed by atoms with Gasteiger partial charge in [0.25, 0.3) is 0 Å². The van der Waals surface area contributed by atoms with Gasteiger partial charge in [-0.1, -0.05) is 19.4 Å². The number of aliphatic hydroxyl groups excluding tert-OH is 1. The SMILES string of the molecule is CCC/C=C(CO)/C(CCOc1cc(F)ccc1-c1ccc2ncc(CCN)n2c1)=C(/C)NC. The lowest BCUT2D eigenvalue weighted by atomic mass is 10.00. The highest BCUT2D eigenvalue weighted by Gasteiger charge is 2.13. The molecule has 182 valence electrons. The van der Waals surface area contributed by atoms with Crippen molar-refractivity contribution < 1.29 is 14.2 Å². The standard InChI is InChI=1S/C27H35FN4O2/c1-4-5-6-21(18-33)24(19(2)30-3)12-14-34-26-15-22(28)8-9-25(26)20-7-10-27-31-16-23(11-13-29)32(27)17-20/h6-10,15-17,30,33H,4-5,11-14,18,29H2,1-3H3/b21-6+,24-19-. The summed E-state index contributed by atoms with van der Waals surface area (Å²) in [5.74, 6) is 0.122. The van der Waals surface area contributed by atoms with E-state index >= 15 is 0 Å². The predicted molar refractivity (Wildman–Crippen MR) is 135 cm³/mol. The van der Waals surface area contributed by atoms with Gasteiger partial charge in [0.1, 0.15) is 17.2 Å². The molecule has 3 aromatic rings.